The molecule has 29 heavy (non-hydrogen) atoms. The van der Waals surface area contributed by atoms with E-state index in [0.29, 0.717) is 23.6 Å². The predicted octanol–water partition coefficient (Wildman–Crippen LogP) is 4.06. The molecule has 3 N–H and O–H groups in total. The number of benzene rings is 2. The highest BCUT2D eigenvalue weighted by Crippen LogP contribution is 2.30. The Bertz CT molecular complexity index is 1190. The molecular formula is C21H21N7O. The van der Waals surface area contributed by atoms with Crippen LogP contribution in [0.5, 0.6) is 0 Å². The summed E-state index contributed by atoms with van der Waals surface area (Å²) < 4.78 is 1.72. The summed E-state index contributed by atoms with van der Waals surface area (Å²) in [5.74, 6) is 0.345. The predicted molar refractivity (Wildman–Crippen MR) is 113 cm³/mol. The Morgan fingerprint density at radius 3 is 2.83 bits per heavy atom. The van der Waals surface area contributed by atoms with E-state index in [9.17, 15) is 10.1 Å². The highest BCUT2D eigenvalue weighted by atomic mass is 16.2. The van der Waals surface area contributed by atoms with Crippen molar-refractivity contribution in [1.82, 2.24) is 25.1 Å². The molecule has 0 bridgehead atoms. The van der Waals surface area contributed by atoms with Crippen LogP contribution < -0.4 is 10.6 Å². The lowest BCUT2D eigenvalue weighted by atomic mass is 10.0. The first-order valence-electron chi connectivity index (χ1n) is 8.77. The van der Waals surface area contributed by atoms with Gasteiger partial charge in [0.25, 0.3) is 0 Å². The molecule has 0 saturated heterocycles. The number of hydrogen-bond acceptors (Lipinski definition) is 4. The molecule has 0 unspecified atom stereocenters. The van der Waals surface area contributed by atoms with Gasteiger partial charge < -0.3 is 10.3 Å². The van der Waals surface area contributed by atoms with Crippen LogP contribution in [0.25, 0.3) is 27.8 Å². The van der Waals surface area contributed by atoms with Gasteiger partial charge in [-0.1, -0.05) is 19.6 Å². The fourth-order valence-corrected chi connectivity index (χ4v) is 2.99. The summed E-state index contributed by atoms with van der Waals surface area (Å²) in [4.78, 5) is 19.5. The fraction of sp³-hybridized carbons (Fsp3) is 0.143. The molecule has 0 spiro atoms. The molecule has 2 heterocycles. The first-order valence-corrected chi connectivity index (χ1v) is 8.77. The smallest absolute Gasteiger partial charge is 0.321 e. The molecule has 0 atom stereocenters. The summed E-state index contributed by atoms with van der Waals surface area (Å²) >= 11 is 0. The number of fused-ring (bicyclic) bond motifs is 1. The molecule has 0 aliphatic carbocycles. The number of amides is 2. The average molecular weight is 387 g/mol. The fourth-order valence-electron chi connectivity index (χ4n) is 2.99. The van der Waals surface area contributed by atoms with Crippen molar-refractivity contribution >= 4 is 23.0 Å². The molecule has 0 fully saturated rings. The Kier molecular flexibility index (Phi) is 5.60. The van der Waals surface area contributed by atoms with Crippen molar-refractivity contribution in [2.75, 3.05) is 11.9 Å². The van der Waals surface area contributed by atoms with E-state index in [4.69, 9.17) is 0 Å². The van der Waals surface area contributed by atoms with Gasteiger partial charge in [0, 0.05) is 18.9 Å². The van der Waals surface area contributed by atoms with Gasteiger partial charge >= 0.3 is 6.03 Å². The van der Waals surface area contributed by atoms with E-state index < -0.39 is 0 Å². The zero-order chi connectivity index (χ0) is 19.5. The van der Waals surface area contributed by atoms with Gasteiger partial charge in [-0.25, -0.2) is 14.5 Å². The molecule has 2 amide bonds. The number of aromatic amines is 1. The average Bonchev–Trinajstić information content (AvgIpc) is 3.37. The van der Waals surface area contributed by atoms with Crippen LogP contribution in [0.2, 0.25) is 0 Å². The molecular weight excluding hydrogens is 366 g/mol. The number of nitriles is 1. The lowest BCUT2D eigenvalue weighted by molar-refractivity contribution is 0.252. The third-order valence-electron chi connectivity index (χ3n) is 4.21. The topological polar surface area (TPSA) is 111 Å². The first-order chi connectivity index (χ1) is 13.7. The minimum atomic E-state index is -0.329. The number of nitrogens with one attached hydrogen (secondary N) is 3. The van der Waals surface area contributed by atoms with Crippen LogP contribution in [0.4, 0.5) is 10.7 Å². The number of carbonyl (C=O) groups is 1. The molecule has 8 nitrogen and oxygen atoms in total. The van der Waals surface area contributed by atoms with Gasteiger partial charge in [-0.05, 0) is 48.4 Å². The number of hydrogen-bond donors (Lipinski definition) is 3. The largest absolute Gasteiger partial charge is 0.338 e. The zero-order valence-electron chi connectivity index (χ0n) is 15.1. The molecule has 2 aromatic heterocycles. The van der Waals surface area contributed by atoms with E-state index in [1.807, 2.05) is 49.5 Å². The van der Waals surface area contributed by atoms with Crippen LogP contribution in [0.3, 0.4) is 0 Å². The number of nitrogens with zero attached hydrogens (tertiary/aromatic N) is 4. The maximum Gasteiger partial charge on any atom is 0.321 e. The van der Waals surface area contributed by atoms with Gasteiger partial charge in [-0.2, -0.15) is 10.4 Å². The maximum absolute atomic E-state index is 11.8. The van der Waals surface area contributed by atoms with Crippen molar-refractivity contribution < 1.29 is 4.79 Å². The summed E-state index contributed by atoms with van der Waals surface area (Å²) in [6.07, 6.45) is 3.52. The minimum absolute atomic E-state index is 0. The van der Waals surface area contributed by atoms with Crippen molar-refractivity contribution in [2.45, 2.75) is 14.4 Å². The molecule has 4 rings (SSSR count). The van der Waals surface area contributed by atoms with E-state index in [2.05, 4.69) is 31.8 Å². The summed E-state index contributed by atoms with van der Waals surface area (Å²) in [5.41, 5.74) is 4.58. The molecule has 4 aromatic rings. The van der Waals surface area contributed by atoms with Crippen molar-refractivity contribution in [3.05, 3.63) is 60.4 Å². The second kappa shape index (κ2) is 8.27. The molecule has 8 heteroatoms. The Morgan fingerprint density at radius 2 is 2.10 bits per heavy atom. The van der Waals surface area contributed by atoms with Crippen LogP contribution in [0, 0.1) is 11.3 Å². The van der Waals surface area contributed by atoms with Gasteiger partial charge in [0.1, 0.15) is 5.52 Å². The van der Waals surface area contributed by atoms with E-state index in [1.54, 1.807) is 16.9 Å². The number of aromatic nitrogens is 4. The first kappa shape index (κ1) is 19.6. The number of rotatable bonds is 4. The summed E-state index contributed by atoms with van der Waals surface area (Å²) in [6, 6.07) is 14.9. The molecule has 2 aromatic carbocycles. The van der Waals surface area contributed by atoms with E-state index in [-0.39, 0.29) is 13.5 Å². The number of carbonyl (C=O) groups excluding carboxylic acids is 1. The second-order valence-corrected chi connectivity index (χ2v) is 6.10. The number of anilines is 1. The van der Waals surface area contributed by atoms with E-state index in [1.165, 1.54) is 0 Å². The van der Waals surface area contributed by atoms with Crippen LogP contribution in [-0.2, 0) is 0 Å². The Morgan fingerprint density at radius 1 is 1.24 bits per heavy atom. The minimum Gasteiger partial charge on any atom is -0.338 e. The molecule has 146 valence electrons. The summed E-state index contributed by atoms with van der Waals surface area (Å²) in [6.45, 7) is 2.36. The Labute approximate surface area is 168 Å². The Hall–Kier alpha value is -4.12. The van der Waals surface area contributed by atoms with Crippen molar-refractivity contribution in [3.8, 4) is 22.9 Å². The third-order valence-corrected chi connectivity index (χ3v) is 4.21. The highest BCUT2D eigenvalue weighted by Gasteiger charge is 2.14. The SMILES string of the molecule is C.CCNC(=O)Nc1nc2c(-n3cccn3)cc(-c3cccc(C#N)c3)cc2[nH]1. The molecule has 0 aliphatic rings. The lowest BCUT2D eigenvalue weighted by Gasteiger charge is -2.08. The number of urea groups is 1. The zero-order valence-corrected chi connectivity index (χ0v) is 15.1. The van der Waals surface area contributed by atoms with Gasteiger partial charge in [0.15, 0.2) is 0 Å². The van der Waals surface area contributed by atoms with Crippen LogP contribution >= 0.6 is 0 Å². The van der Waals surface area contributed by atoms with Gasteiger partial charge in [0.2, 0.25) is 5.95 Å². The maximum atomic E-state index is 11.8. The monoisotopic (exact) mass is 387 g/mol. The summed E-state index contributed by atoms with van der Waals surface area (Å²) in [5, 5.41) is 18.9. The Balaban J connectivity index is 0.00000240. The normalized spacial score (nSPS) is 10.2. The summed E-state index contributed by atoms with van der Waals surface area (Å²) in [7, 11) is 0. The lowest BCUT2D eigenvalue weighted by Crippen LogP contribution is -2.28. The molecule has 0 saturated carbocycles. The van der Waals surface area contributed by atoms with Crippen LogP contribution in [-0.4, -0.2) is 32.3 Å². The standard InChI is InChI=1S/C20H17N7O.CH4/c1-2-22-20(28)26-19-24-16-10-15(14-6-3-5-13(9-14)12-21)11-17(18(16)25-19)27-8-4-7-23-27;/h3-11H,2H2,1H3,(H3,22,24,25,26,28);1H4. The number of H-pyrrole nitrogens is 1. The van der Waals surface area contributed by atoms with Crippen molar-refractivity contribution in [3.63, 3.8) is 0 Å². The van der Waals surface area contributed by atoms with E-state index in [0.717, 1.165) is 22.3 Å². The van der Waals surface area contributed by atoms with Gasteiger partial charge in [0.05, 0.1) is 22.8 Å². The van der Waals surface area contributed by atoms with E-state index >= 15 is 0 Å². The van der Waals surface area contributed by atoms with Gasteiger partial charge in [-0.15, -0.1) is 0 Å². The third kappa shape index (κ3) is 3.94. The molecule has 0 radical (unpaired) electrons. The second-order valence-electron chi connectivity index (χ2n) is 6.10. The van der Waals surface area contributed by atoms with Crippen LogP contribution in [0.1, 0.15) is 19.9 Å². The number of imidazole rings is 1. The highest BCUT2D eigenvalue weighted by molar-refractivity contribution is 5.94. The quantitative estimate of drug-likeness (QED) is 0.490. The van der Waals surface area contributed by atoms with Crippen LogP contribution in [0.15, 0.2) is 54.9 Å². The molecule has 0 aliphatic heterocycles. The van der Waals surface area contributed by atoms with Crippen molar-refractivity contribution in [2.24, 2.45) is 0 Å². The van der Waals surface area contributed by atoms with Crippen molar-refractivity contribution in [1.29, 1.82) is 5.26 Å². The van der Waals surface area contributed by atoms with Gasteiger partial charge in [-0.3, -0.25) is 5.32 Å².